The highest BCUT2D eigenvalue weighted by Crippen LogP contribution is 2.30. The summed E-state index contributed by atoms with van der Waals surface area (Å²) in [5.74, 6) is 0.826. The van der Waals surface area contributed by atoms with Crippen LogP contribution in [0.2, 0.25) is 0 Å². The number of hydrogen-bond donors (Lipinski definition) is 2. The van der Waals surface area contributed by atoms with Crippen LogP contribution in [0.3, 0.4) is 0 Å². The van der Waals surface area contributed by atoms with Crippen LogP contribution in [0, 0.1) is 0 Å². The molecular formula is C11H8BrN3S. The summed E-state index contributed by atoms with van der Waals surface area (Å²) in [4.78, 5) is 7.77. The number of halogens is 1. The van der Waals surface area contributed by atoms with Crippen LogP contribution in [0.1, 0.15) is 0 Å². The number of aromatic nitrogens is 2. The van der Waals surface area contributed by atoms with Crippen LogP contribution in [0.5, 0.6) is 0 Å². The summed E-state index contributed by atoms with van der Waals surface area (Å²) < 4.78 is 1.04. The quantitative estimate of drug-likeness (QED) is 0.720. The molecule has 16 heavy (non-hydrogen) atoms. The van der Waals surface area contributed by atoms with Gasteiger partial charge in [-0.2, -0.15) is 0 Å². The SMILES string of the molecule is Nc1sccc1-c1nc2ccc(Br)cc2[nH]1. The van der Waals surface area contributed by atoms with E-state index in [9.17, 15) is 0 Å². The molecule has 0 amide bonds. The first-order valence-electron chi connectivity index (χ1n) is 4.72. The third kappa shape index (κ3) is 1.52. The molecule has 3 rings (SSSR count). The minimum absolute atomic E-state index is 0.790. The summed E-state index contributed by atoms with van der Waals surface area (Å²) >= 11 is 4.96. The van der Waals surface area contributed by atoms with Crippen molar-refractivity contribution in [2.45, 2.75) is 0 Å². The van der Waals surface area contributed by atoms with Crippen LogP contribution < -0.4 is 5.73 Å². The number of nitrogens with two attached hydrogens (primary N) is 1. The van der Waals surface area contributed by atoms with E-state index < -0.39 is 0 Å². The molecule has 0 aliphatic heterocycles. The zero-order chi connectivity index (χ0) is 11.1. The monoisotopic (exact) mass is 293 g/mol. The predicted molar refractivity (Wildman–Crippen MR) is 71.5 cm³/mol. The molecule has 0 saturated carbocycles. The van der Waals surface area contributed by atoms with E-state index in [4.69, 9.17) is 5.73 Å². The fourth-order valence-corrected chi connectivity index (χ4v) is 2.63. The Balaban J connectivity index is 2.23. The minimum Gasteiger partial charge on any atom is -0.390 e. The van der Waals surface area contributed by atoms with E-state index in [2.05, 4.69) is 25.9 Å². The Kier molecular flexibility index (Phi) is 2.22. The van der Waals surface area contributed by atoms with Gasteiger partial charge in [0.25, 0.3) is 0 Å². The molecule has 1 aromatic carbocycles. The van der Waals surface area contributed by atoms with Crippen molar-refractivity contribution in [3.8, 4) is 11.4 Å². The lowest BCUT2D eigenvalue weighted by atomic mass is 10.3. The molecule has 0 spiro atoms. The van der Waals surface area contributed by atoms with Crippen molar-refractivity contribution in [3.05, 3.63) is 34.1 Å². The van der Waals surface area contributed by atoms with Crippen LogP contribution in [0.25, 0.3) is 22.4 Å². The number of nitrogens with zero attached hydrogens (tertiary/aromatic N) is 1. The Labute approximate surface area is 104 Å². The number of H-pyrrole nitrogens is 1. The van der Waals surface area contributed by atoms with Crippen LogP contribution in [0.4, 0.5) is 5.00 Å². The lowest BCUT2D eigenvalue weighted by Crippen LogP contribution is -1.84. The molecule has 5 heteroatoms. The molecule has 3 nitrogen and oxygen atoms in total. The fraction of sp³-hybridized carbons (Fsp3) is 0. The Morgan fingerprint density at radius 1 is 1.31 bits per heavy atom. The first kappa shape index (κ1) is 9.86. The lowest BCUT2D eigenvalue weighted by Gasteiger charge is -1.92. The van der Waals surface area contributed by atoms with Crippen LogP contribution in [-0.4, -0.2) is 9.97 Å². The van der Waals surface area contributed by atoms with Crippen molar-refractivity contribution >= 4 is 43.3 Å². The van der Waals surface area contributed by atoms with Gasteiger partial charge in [-0.3, -0.25) is 0 Å². The normalized spacial score (nSPS) is 11.1. The van der Waals surface area contributed by atoms with Gasteiger partial charge in [0.15, 0.2) is 0 Å². The van der Waals surface area contributed by atoms with E-state index in [0.29, 0.717) is 0 Å². The van der Waals surface area contributed by atoms with E-state index >= 15 is 0 Å². The van der Waals surface area contributed by atoms with E-state index in [1.54, 1.807) is 0 Å². The Bertz CT molecular complexity index is 656. The van der Waals surface area contributed by atoms with Gasteiger partial charge in [-0.05, 0) is 29.6 Å². The Morgan fingerprint density at radius 3 is 2.94 bits per heavy atom. The third-order valence-corrected chi connectivity index (χ3v) is 3.63. The van der Waals surface area contributed by atoms with Crippen LogP contribution >= 0.6 is 27.3 Å². The standard InChI is InChI=1S/C11H8BrN3S/c12-6-1-2-8-9(5-6)15-11(14-8)7-3-4-16-10(7)13/h1-5H,13H2,(H,14,15). The van der Waals surface area contributed by atoms with Gasteiger partial charge in [-0.1, -0.05) is 15.9 Å². The molecule has 0 unspecified atom stereocenters. The number of thiophene rings is 1. The zero-order valence-electron chi connectivity index (χ0n) is 8.20. The van der Waals surface area contributed by atoms with Gasteiger partial charge >= 0.3 is 0 Å². The second-order valence-corrected chi connectivity index (χ2v) is 5.31. The van der Waals surface area contributed by atoms with E-state index in [-0.39, 0.29) is 0 Å². The van der Waals surface area contributed by atoms with Gasteiger partial charge < -0.3 is 10.7 Å². The van der Waals surface area contributed by atoms with Gasteiger partial charge in [0, 0.05) is 4.47 Å². The minimum atomic E-state index is 0.790. The topological polar surface area (TPSA) is 54.7 Å². The zero-order valence-corrected chi connectivity index (χ0v) is 10.6. The summed E-state index contributed by atoms with van der Waals surface area (Å²) in [6.07, 6.45) is 0. The number of nitrogen functional groups attached to an aromatic ring is 1. The summed E-state index contributed by atoms with van der Waals surface area (Å²) in [6.45, 7) is 0. The number of anilines is 1. The van der Waals surface area contributed by atoms with E-state index in [0.717, 1.165) is 31.9 Å². The number of fused-ring (bicyclic) bond motifs is 1. The van der Waals surface area contributed by atoms with Crippen molar-refractivity contribution in [3.63, 3.8) is 0 Å². The molecule has 0 aliphatic carbocycles. The molecule has 2 aromatic heterocycles. The summed E-state index contributed by atoms with van der Waals surface area (Å²) in [7, 11) is 0. The number of benzene rings is 1. The number of imidazole rings is 1. The molecule has 0 radical (unpaired) electrons. The van der Waals surface area contributed by atoms with Gasteiger partial charge in [0.2, 0.25) is 0 Å². The lowest BCUT2D eigenvalue weighted by molar-refractivity contribution is 1.35. The largest absolute Gasteiger partial charge is 0.390 e. The molecule has 3 aromatic rings. The molecule has 0 bridgehead atoms. The predicted octanol–water partition coefficient (Wildman–Crippen LogP) is 3.64. The van der Waals surface area contributed by atoms with Gasteiger partial charge in [-0.25, -0.2) is 4.98 Å². The molecule has 0 saturated heterocycles. The van der Waals surface area contributed by atoms with Crippen molar-refractivity contribution in [1.82, 2.24) is 9.97 Å². The molecule has 3 N–H and O–H groups in total. The molecular weight excluding hydrogens is 286 g/mol. The third-order valence-electron chi connectivity index (χ3n) is 2.39. The second kappa shape index (κ2) is 3.61. The smallest absolute Gasteiger partial charge is 0.141 e. The molecule has 2 heterocycles. The van der Waals surface area contributed by atoms with Gasteiger partial charge in [0.1, 0.15) is 5.82 Å². The molecule has 0 aliphatic rings. The van der Waals surface area contributed by atoms with E-state index in [1.165, 1.54) is 11.3 Å². The van der Waals surface area contributed by atoms with Crippen LogP contribution in [-0.2, 0) is 0 Å². The maximum atomic E-state index is 5.87. The van der Waals surface area contributed by atoms with Gasteiger partial charge in [-0.15, -0.1) is 11.3 Å². The fourth-order valence-electron chi connectivity index (χ4n) is 1.63. The van der Waals surface area contributed by atoms with Crippen molar-refractivity contribution in [1.29, 1.82) is 0 Å². The first-order chi connectivity index (χ1) is 7.74. The Morgan fingerprint density at radius 2 is 2.19 bits per heavy atom. The maximum absolute atomic E-state index is 5.87. The highest BCUT2D eigenvalue weighted by molar-refractivity contribution is 9.10. The summed E-state index contributed by atoms with van der Waals surface area (Å²) in [5, 5.41) is 2.76. The molecule has 0 atom stereocenters. The summed E-state index contributed by atoms with van der Waals surface area (Å²) in [6, 6.07) is 7.94. The average Bonchev–Trinajstić information content (AvgIpc) is 2.82. The summed E-state index contributed by atoms with van der Waals surface area (Å²) in [5.41, 5.74) is 8.80. The van der Waals surface area contributed by atoms with Gasteiger partial charge in [0.05, 0.1) is 21.6 Å². The average molecular weight is 294 g/mol. The van der Waals surface area contributed by atoms with Crippen molar-refractivity contribution in [2.75, 3.05) is 5.73 Å². The molecule has 80 valence electrons. The van der Waals surface area contributed by atoms with Crippen molar-refractivity contribution in [2.24, 2.45) is 0 Å². The highest BCUT2D eigenvalue weighted by atomic mass is 79.9. The Hall–Kier alpha value is -1.33. The second-order valence-electron chi connectivity index (χ2n) is 3.45. The van der Waals surface area contributed by atoms with E-state index in [1.807, 2.05) is 29.6 Å². The first-order valence-corrected chi connectivity index (χ1v) is 6.40. The van der Waals surface area contributed by atoms with Crippen molar-refractivity contribution < 1.29 is 0 Å². The highest BCUT2D eigenvalue weighted by Gasteiger charge is 2.09. The maximum Gasteiger partial charge on any atom is 0.141 e. The number of aromatic amines is 1. The molecule has 0 fully saturated rings. The van der Waals surface area contributed by atoms with Crippen LogP contribution in [0.15, 0.2) is 34.1 Å². The number of hydrogen-bond acceptors (Lipinski definition) is 3. The number of rotatable bonds is 1. The number of nitrogens with one attached hydrogen (secondary N) is 1.